The van der Waals surface area contributed by atoms with Gasteiger partial charge in [-0.25, -0.2) is 4.79 Å². The van der Waals surface area contributed by atoms with Gasteiger partial charge in [-0.2, -0.15) is 0 Å². The van der Waals surface area contributed by atoms with Crippen molar-refractivity contribution in [1.82, 2.24) is 9.80 Å². The molecule has 0 aliphatic rings. The fraction of sp³-hybridized carbons (Fsp3) is 0.364. The van der Waals surface area contributed by atoms with Crippen LogP contribution in [0.25, 0.3) is 0 Å². The Bertz CT molecular complexity index is 765. The van der Waals surface area contributed by atoms with E-state index in [0.717, 1.165) is 11.1 Å². The number of benzene rings is 2. The molecule has 0 fully saturated rings. The average Bonchev–Trinajstić information content (AvgIpc) is 2.68. The second-order valence-electron chi connectivity index (χ2n) is 7.11. The zero-order valence-corrected chi connectivity index (χ0v) is 16.7. The highest BCUT2D eigenvalue weighted by Crippen LogP contribution is 2.24. The third kappa shape index (κ3) is 5.57. The monoisotopic (exact) mass is 384 g/mol. The Hall–Kier alpha value is -2.86. The standard InChI is InChI=1S/C22H28N2O4/c1-22(20(25)23(2)3,16-18-10-6-4-7-11-18)24(21(26)27)14-15-28-17-19-12-8-5-9-13-19/h4-13H,14-17H2,1-3H3,(H,26,27)/t22-/m0/s1. The minimum Gasteiger partial charge on any atom is -0.465 e. The van der Waals surface area contributed by atoms with Crippen LogP contribution in [0.1, 0.15) is 18.1 Å². The van der Waals surface area contributed by atoms with Crippen molar-refractivity contribution in [2.45, 2.75) is 25.5 Å². The summed E-state index contributed by atoms with van der Waals surface area (Å²) in [5.41, 5.74) is 0.685. The molecule has 0 unspecified atom stereocenters. The number of carbonyl (C=O) groups excluding carboxylic acids is 1. The highest BCUT2D eigenvalue weighted by atomic mass is 16.5. The quantitative estimate of drug-likeness (QED) is 0.674. The van der Waals surface area contributed by atoms with E-state index < -0.39 is 11.6 Å². The summed E-state index contributed by atoms with van der Waals surface area (Å²) in [5, 5.41) is 9.83. The molecule has 0 heterocycles. The molecule has 0 saturated carbocycles. The minimum absolute atomic E-state index is 0.102. The first kappa shape index (κ1) is 21.4. The Labute approximate surface area is 166 Å². The van der Waals surface area contributed by atoms with Crippen molar-refractivity contribution in [3.63, 3.8) is 0 Å². The highest BCUT2D eigenvalue weighted by Gasteiger charge is 2.43. The number of likely N-dealkylation sites (N-methyl/N-ethyl adjacent to an activating group) is 1. The third-order valence-electron chi connectivity index (χ3n) is 4.66. The highest BCUT2D eigenvalue weighted by molar-refractivity contribution is 5.89. The van der Waals surface area contributed by atoms with Gasteiger partial charge in [-0.1, -0.05) is 60.7 Å². The lowest BCUT2D eigenvalue weighted by Crippen LogP contribution is -2.60. The van der Waals surface area contributed by atoms with E-state index in [9.17, 15) is 14.7 Å². The van der Waals surface area contributed by atoms with Crippen LogP contribution in [0.4, 0.5) is 4.79 Å². The number of hydrogen-bond donors (Lipinski definition) is 1. The lowest BCUT2D eigenvalue weighted by atomic mass is 9.89. The summed E-state index contributed by atoms with van der Waals surface area (Å²) < 4.78 is 5.66. The first-order valence-electron chi connectivity index (χ1n) is 9.22. The summed E-state index contributed by atoms with van der Waals surface area (Å²) in [5.74, 6) is -0.262. The molecule has 2 amide bonds. The lowest BCUT2D eigenvalue weighted by Gasteiger charge is -2.40. The van der Waals surface area contributed by atoms with Crippen molar-refractivity contribution in [3.8, 4) is 0 Å². The molecule has 1 N–H and O–H groups in total. The zero-order chi connectivity index (χ0) is 20.6. The molecule has 1 atom stereocenters. The molecule has 6 nitrogen and oxygen atoms in total. The molecular formula is C22H28N2O4. The van der Waals surface area contributed by atoms with E-state index in [1.54, 1.807) is 21.0 Å². The first-order valence-corrected chi connectivity index (χ1v) is 9.22. The van der Waals surface area contributed by atoms with Crippen LogP contribution < -0.4 is 0 Å². The predicted molar refractivity (Wildman–Crippen MR) is 108 cm³/mol. The number of amides is 2. The predicted octanol–water partition coefficient (Wildman–Crippen LogP) is 3.27. The Morgan fingerprint density at radius 1 is 0.964 bits per heavy atom. The maximum absolute atomic E-state index is 12.9. The number of carbonyl (C=O) groups is 2. The molecular weight excluding hydrogens is 356 g/mol. The van der Waals surface area contributed by atoms with E-state index in [0.29, 0.717) is 6.61 Å². The number of nitrogens with zero attached hydrogens (tertiary/aromatic N) is 2. The van der Waals surface area contributed by atoms with E-state index in [1.807, 2.05) is 60.7 Å². The average molecular weight is 384 g/mol. The van der Waals surface area contributed by atoms with E-state index in [1.165, 1.54) is 9.80 Å². The maximum atomic E-state index is 12.9. The summed E-state index contributed by atoms with van der Waals surface area (Å²) in [6.07, 6.45) is -0.854. The van der Waals surface area contributed by atoms with Crippen LogP contribution in [-0.4, -0.2) is 59.7 Å². The van der Waals surface area contributed by atoms with Gasteiger partial charge in [-0.05, 0) is 18.1 Å². The van der Waals surface area contributed by atoms with E-state index in [4.69, 9.17) is 4.74 Å². The van der Waals surface area contributed by atoms with Crippen LogP contribution in [0, 0.1) is 0 Å². The number of carboxylic acid groups (broad SMARTS) is 1. The summed E-state index contributed by atoms with van der Waals surface area (Å²) in [7, 11) is 3.27. The molecule has 2 aromatic rings. The van der Waals surface area contributed by atoms with Gasteiger partial charge in [0.25, 0.3) is 0 Å². The molecule has 0 spiro atoms. The van der Waals surface area contributed by atoms with E-state index in [2.05, 4.69) is 0 Å². The van der Waals surface area contributed by atoms with Gasteiger partial charge in [-0.3, -0.25) is 9.69 Å². The second kappa shape index (κ2) is 9.90. The van der Waals surface area contributed by atoms with Crippen LogP contribution in [0.2, 0.25) is 0 Å². The largest absolute Gasteiger partial charge is 0.465 e. The normalized spacial score (nSPS) is 12.8. The van der Waals surface area contributed by atoms with Gasteiger partial charge in [0.05, 0.1) is 13.2 Å². The van der Waals surface area contributed by atoms with Crippen LogP contribution in [0.5, 0.6) is 0 Å². The molecule has 150 valence electrons. The molecule has 2 rings (SSSR count). The number of rotatable bonds is 9. The van der Waals surface area contributed by atoms with Gasteiger partial charge >= 0.3 is 6.09 Å². The van der Waals surface area contributed by atoms with Crippen LogP contribution in [0.15, 0.2) is 60.7 Å². The molecule has 28 heavy (non-hydrogen) atoms. The Kier molecular flexibility index (Phi) is 7.58. The first-order chi connectivity index (χ1) is 13.3. The number of ether oxygens (including phenoxy) is 1. The fourth-order valence-corrected chi connectivity index (χ4v) is 3.24. The van der Waals surface area contributed by atoms with E-state index in [-0.39, 0.29) is 25.5 Å². The van der Waals surface area contributed by atoms with Crippen molar-refractivity contribution in [1.29, 1.82) is 0 Å². The minimum atomic E-state index is -1.23. The Balaban J connectivity index is 2.13. The smallest absolute Gasteiger partial charge is 0.408 e. The fourth-order valence-electron chi connectivity index (χ4n) is 3.24. The van der Waals surface area contributed by atoms with Gasteiger partial charge < -0.3 is 14.7 Å². The molecule has 0 saturated heterocycles. The molecule has 0 bridgehead atoms. The third-order valence-corrected chi connectivity index (χ3v) is 4.66. The SMILES string of the molecule is CN(C)C(=O)[C@](C)(Cc1ccccc1)N(CCOCc1ccccc1)C(=O)O. The molecule has 6 heteroatoms. The molecule has 0 aromatic heterocycles. The number of hydrogen-bond acceptors (Lipinski definition) is 3. The van der Waals surface area contributed by atoms with Crippen molar-refractivity contribution < 1.29 is 19.4 Å². The van der Waals surface area contributed by atoms with Crippen molar-refractivity contribution in [3.05, 3.63) is 71.8 Å². The van der Waals surface area contributed by atoms with Gasteiger partial charge in [0.2, 0.25) is 5.91 Å². The summed E-state index contributed by atoms with van der Waals surface area (Å²) in [6, 6.07) is 19.1. The van der Waals surface area contributed by atoms with Gasteiger partial charge in [0, 0.05) is 27.1 Å². The zero-order valence-electron chi connectivity index (χ0n) is 16.7. The molecule has 0 aliphatic carbocycles. The van der Waals surface area contributed by atoms with Crippen LogP contribution in [0.3, 0.4) is 0 Å². The van der Waals surface area contributed by atoms with Gasteiger partial charge in [0.1, 0.15) is 5.54 Å². The van der Waals surface area contributed by atoms with Crippen molar-refractivity contribution in [2.75, 3.05) is 27.2 Å². The lowest BCUT2D eigenvalue weighted by molar-refractivity contribution is -0.140. The Morgan fingerprint density at radius 3 is 2.00 bits per heavy atom. The summed E-state index contributed by atoms with van der Waals surface area (Å²) in [6.45, 7) is 2.37. The topological polar surface area (TPSA) is 70.1 Å². The molecule has 2 aromatic carbocycles. The van der Waals surface area contributed by atoms with Crippen LogP contribution >= 0.6 is 0 Å². The summed E-state index contributed by atoms with van der Waals surface area (Å²) >= 11 is 0. The van der Waals surface area contributed by atoms with Gasteiger partial charge in [-0.15, -0.1) is 0 Å². The van der Waals surface area contributed by atoms with Crippen molar-refractivity contribution >= 4 is 12.0 Å². The Morgan fingerprint density at radius 2 is 1.50 bits per heavy atom. The molecule has 0 aliphatic heterocycles. The van der Waals surface area contributed by atoms with E-state index >= 15 is 0 Å². The van der Waals surface area contributed by atoms with Crippen molar-refractivity contribution in [2.24, 2.45) is 0 Å². The molecule has 0 radical (unpaired) electrons. The second-order valence-corrected chi connectivity index (χ2v) is 7.11. The maximum Gasteiger partial charge on any atom is 0.408 e. The summed E-state index contributed by atoms with van der Waals surface area (Å²) in [4.78, 5) is 27.6. The van der Waals surface area contributed by atoms with Crippen LogP contribution in [-0.2, 0) is 22.6 Å². The van der Waals surface area contributed by atoms with Gasteiger partial charge in [0.15, 0.2) is 0 Å².